The van der Waals surface area contributed by atoms with Crippen molar-refractivity contribution in [1.82, 2.24) is 0 Å². The zero-order valence-electron chi connectivity index (χ0n) is 15.9. The molecule has 0 aromatic rings. The van der Waals surface area contributed by atoms with Crippen LogP contribution in [0.4, 0.5) is 0 Å². The number of ether oxygens (including phenoxy) is 1. The highest BCUT2D eigenvalue weighted by Gasteiger charge is 2.64. The predicted molar refractivity (Wildman–Crippen MR) is 99.2 cm³/mol. The van der Waals surface area contributed by atoms with Crippen molar-refractivity contribution in [1.29, 1.82) is 0 Å². The Balaban J connectivity index is 1.54. The zero-order chi connectivity index (χ0) is 17.2. The molecule has 1 spiro atoms. The topological polar surface area (TPSA) is 26.3 Å². The van der Waals surface area contributed by atoms with Crippen LogP contribution in [-0.2, 0) is 9.53 Å². The smallest absolute Gasteiger partial charge is 0.137 e. The van der Waals surface area contributed by atoms with E-state index < -0.39 is 0 Å². The van der Waals surface area contributed by atoms with Crippen LogP contribution in [0, 0.1) is 29.1 Å². The Kier molecular flexibility index (Phi) is 3.62. The quantitative estimate of drug-likeness (QED) is 0.611. The van der Waals surface area contributed by atoms with E-state index in [1.54, 1.807) is 11.1 Å². The molecular weight excluding hydrogens is 308 g/mol. The van der Waals surface area contributed by atoms with Crippen LogP contribution >= 0.6 is 0 Å². The standard InChI is InChI=1S/C23H32O2/c1-3-22-10-7-19-18-6-5-17(24)14-16(18)13-15(2)21(19)20(22)8-11-23(22)9-4-12-25-23/h4,9,15,19-21H,3,5-8,10-14H2,1-2H3/t15-,19-,20+,21-,22+,23+/m1/s1. The Hall–Kier alpha value is -0.890. The van der Waals surface area contributed by atoms with E-state index in [1.165, 1.54) is 38.5 Å². The highest BCUT2D eigenvalue weighted by molar-refractivity contribution is 5.82. The Bertz CT molecular complexity index is 659. The highest BCUT2D eigenvalue weighted by atomic mass is 16.5. The largest absolute Gasteiger partial charge is 0.366 e. The maximum Gasteiger partial charge on any atom is 0.137 e. The number of fused-ring (bicyclic) bond motifs is 5. The number of hydrogen-bond acceptors (Lipinski definition) is 2. The molecule has 2 saturated carbocycles. The molecule has 0 amide bonds. The fraction of sp³-hybridized carbons (Fsp3) is 0.783. The third-order valence-corrected chi connectivity index (χ3v) is 8.88. The normalized spacial score (nSPS) is 48.6. The Morgan fingerprint density at radius 3 is 2.88 bits per heavy atom. The van der Waals surface area contributed by atoms with Gasteiger partial charge in [0.15, 0.2) is 0 Å². The number of ketones is 1. The molecule has 4 aliphatic carbocycles. The fourth-order valence-corrected chi connectivity index (χ4v) is 8.01. The molecule has 25 heavy (non-hydrogen) atoms. The van der Waals surface area contributed by atoms with Gasteiger partial charge in [0.05, 0.1) is 12.2 Å². The molecule has 0 aromatic heterocycles. The minimum atomic E-state index is 0.0360. The van der Waals surface area contributed by atoms with Crippen molar-refractivity contribution in [3.63, 3.8) is 0 Å². The van der Waals surface area contributed by atoms with Crippen LogP contribution in [0.1, 0.15) is 71.6 Å². The third-order valence-electron chi connectivity index (χ3n) is 8.88. The van der Waals surface area contributed by atoms with Gasteiger partial charge in [0, 0.05) is 18.3 Å². The van der Waals surface area contributed by atoms with Gasteiger partial charge < -0.3 is 4.74 Å². The number of carbonyl (C=O) groups is 1. The van der Waals surface area contributed by atoms with Gasteiger partial charge in [-0.25, -0.2) is 0 Å². The number of allylic oxidation sites excluding steroid dienone is 2. The van der Waals surface area contributed by atoms with Crippen molar-refractivity contribution in [3.05, 3.63) is 23.3 Å². The van der Waals surface area contributed by atoms with E-state index in [0.717, 1.165) is 49.5 Å². The third kappa shape index (κ3) is 2.04. The molecule has 2 fully saturated rings. The predicted octanol–water partition coefficient (Wildman–Crippen LogP) is 5.23. The summed E-state index contributed by atoms with van der Waals surface area (Å²) in [6.07, 6.45) is 15.0. The molecule has 5 rings (SSSR count). The maximum atomic E-state index is 12.0. The van der Waals surface area contributed by atoms with Gasteiger partial charge in [-0.3, -0.25) is 4.79 Å². The number of carbonyl (C=O) groups excluding carboxylic acids is 1. The summed E-state index contributed by atoms with van der Waals surface area (Å²) < 4.78 is 6.43. The molecule has 0 unspecified atom stereocenters. The van der Waals surface area contributed by atoms with E-state index in [1.807, 2.05) is 0 Å². The number of hydrogen-bond donors (Lipinski definition) is 0. The molecule has 2 nitrogen and oxygen atoms in total. The molecular formula is C23H32O2. The van der Waals surface area contributed by atoms with Crippen LogP contribution in [-0.4, -0.2) is 18.0 Å². The molecule has 0 saturated heterocycles. The average Bonchev–Trinajstić information content (AvgIpc) is 3.21. The molecule has 0 N–H and O–H groups in total. The molecule has 136 valence electrons. The first-order valence-corrected chi connectivity index (χ1v) is 10.6. The van der Waals surface area contributed by atoms with Crippen LogP contribution < -0.4 is 0 Å². The first kappa shape index (κ1) is 16.3. The first-order valence-electron chi connectivity index (χ1n) is 10.6. The van der Waals surface area contributed by atoms with Gasteiger partial charge in [0.2, 0.25) is 0 Å². The van der Waals surface area contributed by atoms with Crippen molar-refractivity contribution in [3.8, 4) is 0 Å². The molecule has 1 heterocycles. The lowest BCUT2D eigenvalue weighted by atomic mass is 9.49. The number of rotatable bonds is 1. The van der Waals surface area contributed by atoms with Crippen LogP contribution in [0.3, 0.4) is 0 Å². The minimum absolute atomic E-state index is 0.0360. The van der Waals surface area contributed by atoms with Crippen LogP contribution in [0.5, 0.6) is 0 Å². The summed E-state index contributed by atoms with van der Waals surface area (Å²) >= 11 is 0. The SMILES string of the molecule is CC[C@]12CC[C@@H]3C4=C(CC(=O)CC4)C[C@@H](C)[C@H]3[C@@H]1CC[C@@]21C=CCO1. The minimum Gasteiger partial charge on any atom is -0.366 e. The van der Waals surface area contributed by atoms with Crippen LogP contribution in [0.25, 0.3) is 0 Å². The highest BCUT2D eigenvalue weighted by Crippen LogP contribution is 2.68. The second kappa shape index (κ2) is 5.55. The molecule has 2 heteroatoms. The van der Waals surface area contributed by atoms with E-state index in [0.29, 0.717) is 11.2 Å². The van der Waals surface area contributed by atoms with E-state index in [-0.39, 0.29) is 5.60 Å². The second-order valence-electron chi connectivity index (χ2n) is 9.51. The lowest BCUT2D eigenvalue weighted by Gasteiger charge is -2.57. The summed E-state index contributed by atoms with van der Waals surface area (Å²) in [4.78, 5) is 12.0. The van der Waals surface area contributed by atoms with E-state index >= 15 is 0 Å². The summed E-state index contributed by atoms with van der Waals surface area (Å²) in [6, 6.07) is 0. The summed E-state index contributed by atoms with van der Waals surface area (Å²) in [5.41, 5.74) is 3.65. The monoisotopic (exact) mass is 340 g/mol. The summed E-state index contributed by atoms with van der Waals surface area (Å²) in [6.45, 7) is 5.70. The molecule has 5 aliphatic rings. The lowest BCUT2D eigenvalue weighted by molar-refractivity contribution is -0.122. The Morgan fingerprint density at radius 1 is 1.24 bits per heavy atom. The van der Waals surface area contributed by atoms with E-state index in [9.17, 15) is 4.79 Å². The molecule has 1 aliphatic heterocycles. The molecule has 0 radical (unpaired) electrons. The van der Waals surface area contributed by atoms with Gasteiger partial charge in [0.1, 0.15) is 5.78 Å². The summed E-state index contributed by atoms with van der Waals surface area (Å²) in [7, 11) is 0. The fourth-order valence-electron chi connectivity index (χ4n) is 8.01. The Morgan fingerprint density at radius 2 is 2.12 bits per heavy atom. The molecule has 0 bridgehead atoms. The van der Waals surface area contributed by atoms with Crippen molar-refractivity contribution >= 4 is 5.78 Å². The van der Waals surface area contributed by atoms with Gasteiger partial charge in [-0.1, -0.05) is 37.1 Å². The summed E-state index contributed by atoms with van der Waals surface area (Å²) in [5, 5.41) is 0. The maximum absolute atomic E-state index is 12.0. The van der Waals surface area contributed by atoms with Gasteiger partial charge in [-0.15, -0.1) is 0 Å². The van der Waals surface area contributed by atoms with Crippen molar-refractivity contribution in [2.45, 2.75) is 77.2 Å². The van der Waals surface area contributed by atoms with Crippen molar-refractivity contribution in [2.24, 2.45) is 29.1 Å². The van der Waals surface area contributed by atoms with E-state index in [2.05, 4.69) is 26.0 Å². The van der Waals surface area contributed by atoms with Gasteiger partial charge in [-0.2, -0.15) is 0 Å². The second-order valence-corrected chi connectivity index (χ2v) is 9.51. The lowest BCUT2D eigenvalue weighted by Crippen LogP contribution is -2.53. The molecule has 6 atom stereocenters. The van der Waals surface area contributed by atoms with Crippen LogP contribution in [0.15, 0.2) is 23.3 Å². The van der Waals surface area contributed by atoms with Gasteiger partial charge >= 0.3 is 0 Å². The first-order chi connectivity index (χ1) is 12.1. The van der Waals surface area contributed by atoms with Crippen molar-refractivity contribution in [2.75, 3.05) is 6.61 Å². The van der Waals surface area contributed by atoms with Gasteiger partial charge in [-0.05, 0) is 68.6 Å². The number of Topliss-reactive ketones (excluding diaryl/α,β-unsaturated/α-hetero) is 1. The summed E-state index contributed by atoms with van der Waals surface area (Å²) in [5.74, 6) is 3.59. The van der Waals surface area contributed by atoms with Gasteiger partial charge in [0.25, 0.3) is 0 Å². The van der Waals surface area contributed by atoms with Crippen molar-refractivity contribution < 1.29 is 9.53 Å². The molecule has 0 aromatic carbocycles. The van der Waals surface area contributed by atoms with E-state index in [4.69, 9.17) is 4.74 Å². The van der Waals surface area contributed by atoms with Crippen LogP contribution in [0.2, 0.25) is 0 Å². The zero-order valence-corrected chi connectivity index (χ0v) is 15.9. The Labute approximate surface area is 152 Å². The average molecular weight is 341 g/mol.